The van der Waals surface area contributed by atoms with Crippen molar-refractivity contribution in [3.8, 4) is 0 Å². The molecule has 0 aliphatic heterocycles. The van der Waals surface area contributed by atoms with Crippen LogP contribution in [0.4, 0.5) is 0 Å². The minimum atomic E-state index is -3.18. The number of unbranched alkanes of at least 4 members (excludes halogenated alkanes) is 1. The molecular weight excluding hydrogens is 252 g/mol. The molecule has 0 spiro atoms. The van der Waals surface area contributed by atoms with Crippen LogP contribution in [-0.4, -0.2) is 39.1 Å². The molecule has 0 unspecified atom stereocenters. The molecule has 0 radical (unpaired) electrons. The summed E-state index contributed by atoms with van der Waals surface area (Å²) in [6.45, 7) is 2.98. The van der Waals surface area contributed by atoms with Crippen LogP contribution in [0.15, 0.2) is 16.5 Å². The largest absolute Gasteiger partial charge is 0.465 e. The topological polar surface area (TPSA) is 62.6 Å². The van der Waals surface area contributed by atoms with Gasteiger partial charge >= 0.3 is 0 Å². The van der Waals surface area contributed by atoms with Gasteiger partial charge in [0.05, 0.1) is 12.3 Å². The average molecular weight is 274 g/mol. The Morgan fingerprint density at radius 1 is 1.33 bits per heavy atom. The summed E-state index contributed by atoms with van der Waals surface area (Å²) in [5, 5.41) is 3.00. The Hall–Kier alpha value is -0.850. The van der Waals surface area contributed by atoms with Gasteiger partial charge in [0.1, 0.15) is 11.5 Å². The molecule has 1 rings (SSSR count). The quantitative estimate of drug-likeness (QED) is 0.727. The zero-order valence-corrected chi connectivity index (χ0v) is 12.1. The van der Waals surface area contributed by atoms with E-state index in [0.717, 1.165) is 18.7 Å². The number of hydrogen-bond acceptors (Lipinski definition) is 4. The Labute approximate surface area is 109 Å². The number of sulfonamides is 1. The van der Waals surface area contributed by atoms with Crippen LogP contribution in [0.25, 0.3) is 0 Å². The maximum Gasteiger partial charge on any atom is 0.214 e. The standard InChI is InChI=1S/C12H22N2O3S/c1-11-6-7-12(17-11)10-14(3)18(15,16)9-5-4-8-13-2/h6-7,13H,4-5,8-10H2,1-3H3. The lowest BCUT2D eigenvalue weighted by Crippen LogP contribution is -2.29. The van der Waals surface area contributed by atoms with E-state index < -0.39 is 10.0 Å². The highest BCUT2D eigenvalue weighted by Crippen LogP contribution is 2.12. The molecule has 0 fully saturated rings. The highest BCUT2D eigenvalue weighted by Gasteiger charge is 2.18. The van der Waals surface area contributed by atoms with E-state index in [1.54, 1.807) is 7.05 Å². The SMILES string of the molecule is CNCCCCS(=O)(=O)N(C)Cc1ccc(C)o1. The van der Waals surface area contributed by atoms with Gasteiger partial charge in [-0.25, -0.2) is 8.42 Å². The third kappa shape index (κ3) is 4.80. The number of aryl methyl sites for hydroxylation is 1. The van der Waals surface area contributed by atoms with E-state index in [-0.39, 0.29) is 5.75 Å². The van der Waals surface area contributed by atoms with Gasteiger partial charge in [-0.3, -0.25) is 0 Å². The van der Waals surface area contributed by atoms with Gasteiger partial charge in [-0.1, -0.05) is 0 Å². The van der Waals surface area contributed by atoms with Crippen LogP contribution in [0.1, 0.15) is 24.4 Å². The third-order valence-electron chi connectivity index (χ3n) is 2.73. The lowest BCUT2D eigenvalue weighted by atomic mass is 10.3. The van der Waals surface area contributed by atoms with Crippen molar-refractivity contribution < 1.29 is 12.8 Å². The van der Waals surface area contributed by atoms with Crippen molar-refractivity contribution in [2.75, 3.05) is 26.4 Å². The van der Waals surface area contributed by atoms with E-state index in [1.165, 1.54) is 4.31 Å². The molecule has 1 aromatic rings. The number of rotatable bonds is 8. The van der Waals surface area contributed by atoms with Crippen LogP contribution >= 0.6 is 0 Å². The van der Waals surface area contributed by atoms with Crippen molar-refractivity contribution in [3.63, 3.8) is 0 Å². The monoisotopic (exact) mass is 274 g/mol. The molecule has 0 saturated carbocycles. The summed E-state index contributed by atoms with van der Waals surface area (Å²) in [6, 6.07) is 3.64. The van der Waals surface area contributed by atoms with Crippen molar-refractivity contribution in [1.29, 1.82) is 0 Å². The van der Waals surface area contributed by atoms with Crippen LogP contribution in [0.2, 0.25) is 0 Å². The van der Waals surface area contributed by atoms with E-state index in [4.69, 9.17) is 4.42 Å². The van der Waals surface area contributed by atoms with Crippen molar-refractivity contribution in [2.24, 2.45) is 0 Å². The van der Waals surface area contributed by atoms with Crippen LogP contribution in [-0.2, 0) is 16.6 Å². The van der Waals surface area contributed by atoms with Crippen LogP contribution in [0.3, 0.4) is 0 Å². The summed E-state index contributed by atoms with van der Waals surface area (Å²) in [4.78, 5) is 0. The number of furan rings is 1. The fraction of sp³-hybridized carbons (Fsp3) is 0.667. The summed E-state index contributed by atoms with van der Waals surface area (Å²) >= 11 is 0. The number of hydrogen-bond donors (Lipinski definition) is 1. The number of nitrogens with one attached hydrogen (secondary N) is 1. The van der Waals surface area contributed by atoms with Gasteiger partial charge in [0, 0.05) is 7.05 Å². The van der Waals surface area contributed by atoms with E-state index in [2.05, 4.69) is 5.32 Å². The van der Waals surface area contributed by atoms with E-state index in [0.29, 0.717) is 18.7 Å². The van der Waals surface area contributed by atoms with Gasteiger partial charge in [0.15, 0.2) is 0 Å². The predicted octanol–water partition coefficient (Wildman–Crippen LogP) is 1.35. The molecule has 18 heavy (non-hydrogen) atoms. The minimum absolute atomic E-state index is 0.185. The molecule has 6 heteroatoms. The molecule has 0 bridgehead atoms. The maximum atomic E-state index is 12.0. The molecule has 0 saturated heterocycles. The molecule has 104 valence electrons. The average Bonchev–Trinajstić information content (AvgIpc) is 2.70. The summed E-state index contributed by atoms with van der Waals surface area (Å²) in [5.41, 5.74) is 0. The Balaban J connectivity index is 2.46. The molecule has 0 aliphatic carbocycles. The van der Waals surface area contributed by atoms with E-state index >= 15 is 0 Å². The highest BCUT2D eigenvalue weighted by atomic mass is 32.2. The van der Waals surface area contributed by atoms with Crippen molar-refractivity contribution >= 4 is 10.0 Å². The van der Waals surface area contributed by atoms with Crippen molar-refractivity contribution in [1.82, 2.24) is 9.62 Å². The first-order valence-corrected chi connectivity index (χ1v) is 7.70. The second-order valence-electron chi connectivity index (χ2n) is 4.40. The maximum absolute atomic E-state index is 12.0. The normalized spacial score (nSPS) is 12.2. The Morgan fingerprint density at radius 3 is 2.61 bits per heavy atom. The fourth-order valence-corrected chi connectivity index (χ4v) is 2.83. The first-order valence-electron chi connectivity index (χ1n) is 6.09. The lowest BCUT2D eigenvalue weighted by molar-refractivity contribution is 0.396. The van der Waals surface area contributed by atoms with Gasteiger partial charge in [0.25, 0.3) is 0 Å². The molecule has 0 aliphatic rings. The second-order valence-corrected chi connectivity index (χ2v) is 6.59. The third-order valence-corrected chi connectivity index (χ3v) is 4.61. The molecule has 5 nitrogen and oxygen atoms in total. The van der Waals surface area contributed by atoms with Gasteiger partial charge in [-0.05, 0) is 45.5 Å². The lowest BCUT2D eigenvalue weighted by Gasteiger charge is -2.15. The van der Waals surface area contributed by atoms with Gasteiger partial charge < -0.3 is 9.73 Å². The highest BCUT2D eigenvalue weighted by molar-refractivity contribution is 7.89. The molecule has 1 aromatic heterocycles. The molecule has 1 N–H and O–H groups in total. The Kier molecular flexibility index (Phi) is 5.84. The minimum Gasteiger partial charge on any atom is -0.465 e. The summed E-state index contributed by atoms with van der Waals surface area (Å²) < 4.78 is 30.7. The summed E-state index contributed by atoms with van der Waals surface area (Å²) in [7, 11) is 0.265. The van der Waals surface area contributed by atoms with Crippen LogP contribution in [0.5, 0.6) is 0 Å². The smallest absolute Gasteiger partial charge is 0.214 e. The molecule has 1 heterocycles. The summed E-state index contributed by atoms with van der Waals surface area (Å²) in [6.07, 6.45) is 1.54. The zero-order valence-electron chi connectivity index (χ0n) is 11.3. The molecule has 0 atom stereocenters. The molecule has 0 amide bonds. The van der Waals surface area contributed by atoms with Crippen LogP contribution < -0.4 is 5.32 Å². The Bertz CT molecular complexity index is 454. The first kappa shape index (κ1) is 15.2. The zero-order chi connectivity index (χ0) is 13.6. The molecule has 0 aromatic carbocycles. The van der Waals surface area contributed by atoms with Gasteiger partial charge in [-0.2, -0.15) is 4.31 Å². The van der Waals surface area contributed by atoms with Crippen molar-refractivity contribution in [3.05, 3.63) is 23.7 Å². The number of nitrogens with zero attached hydrogens (tertiary/aromatic N) is 1. The van der Waals surface area contributed by atoms with Gasteiger partial charge in [-0.15, -0.1) is 0 Å². The van der Waals surface area contributed by atoms with E-state index in [1.807, 2.05) is 26.1 Å². The second kappa shape index (κ2) is 6.92. The van der Waals surface area contributed by atoms with Crippen molar-refractivity contribution in [2.45, 2.75) is 26.3 Å². The first-order chi connectivity index (χ1) is 8.45. The fourth-order valence-electron chi connectivity index (χ4n) is 1.63. The summed E-state index contributed by atoms with van der Waals surface area (Å²) in [5.74, 6) is 1.66. The predicted molar refractivity (Wildman–Crippen MR) is 71.9 cm³/mol. The van der Waals surface area contributed by atoms with Crippen LogP contribution in [0, 0.1) is 6.92 Å². The molecular formula is C12H22N2O3S. The van der Waals surface area contributed by atoms with E-state index in [9.17, 15) is 8.42 Å². The Morgan fingerprint density at radius 2 is 2.06 bits per heavy atom. The van der Waals surface area contributed by atoms with Gasteiger partial charge in [0.2, 0.25) is 10.0 Å².